The predicted molar refractivity (Wildman–Crippen MR) is 101 cm³/mol. The number of benzene rings is 1. The van der Waals surface area contributed by atoms with E-state index in [-0.39, 0.29) is 11.3 Å². The molecular weight excluding hydrogens is 342 g/mol. The van der Waals surface area contributed by atoms with Gasteiger partial charge in [-0.15, -0.1) is 0 Å². The van der Waals surface area contributed by atoms with Crippen LogP contribution in [0.5, 0.6) is 0 Å². The Morgan fingerprint density at radius 1 is 1.33 bits per heavy atom. The molecule has 0 aliphatic carbocycles. The normalized spacial score (nSPS) is 15.9. The maximum absolute atomic E-state index is 11.4. The van der Waals surface area contributed by atoms with Crippen LogP contribution in [-0.2, 0) is 13.0 Å². The minimum absolute atomic E-state index is 0.266. The molecule has 1 heterocycles. The van der Waals surface area contributed by atoms with Crippen LogP contribution in [0.25, 0.3) is 0 Å². The average Bonchev–Trinajstić information content (AvgIpc) is 2.85. The van der Waals surface area contributed by atoms with Crippen molar-refractivity contribution < 1.29 is 5.11 Å². The van der Waals surface area contributed by atoms with E-state index in [1.807, 2.05) is 45.0 Å². The van der Waals surface area contributed by atoms with E-state index in [0.717, 1.165) is 17.0 Å². The molecule has 0 aliphatic rings. The summed E-state index contributed by atoms with van der Waals surface area (Å²) < 4.78 is 2.18. The third kappa shape index (κ3) is 4.47. The molecule has 0 radical (unpaired) electrons. The maximum Gasteiger partial charge on any atom is 0.195 e. The first-order valence-corrected chi connectivity index (χ1v) is 8.97. The molecule has 0 amide bonds. The zero-order valence-electron chi connectivity index (χ0n) is 14.7. The first-order chi connectivity index (χ1) is 11.1. The lowest BCUT2D eigenvalue weighted by molar-refractivity contribution is -0.0893. The van der Waals surface area contributed by atoms with Crippen LogP contribution in [0, 0.1) is 16.1 Å². The topological polar surface area (TPSA) is 53.8 Å². The summed E-state index contributed by atoms with van der Waals surface area (Å²) >= 11 is 11.5. The predicted octanol–water partition coefficient (Wildman–Crippen LogP) is 4.64. The van der Waals surface area contributed by atoms with Crippen LogP contribution in [0.4, 0.5) is 0 Å². The molecule has 0 spiro atoms. The Labute approximate surface area is 153 Å². The summed E-state index contributed by atoms with van der Waals surface area (Å²) in [4.78, 5) is 2.88. The second-order valence-electron chi connectivity index (χ2n) is 7.64. The van der Waals surface area contributed by atoms with Gasteiger partial charge in [-0.05, 0) is 48.0 Å². The number of aromatic nitrogens is 3. The van der Waals surface area contributed by atoms with Gasteiger partial charge in [0.15, 0.2) is 4.77 Å². The zero-order valence-corrected chi connectivity index (χ0v) is 16.3. The number of aromatic amines is 1. The van der Waals surface area contributed by atoms with E-state index in [2.05, 4.69) is 17.0 Å². The summed E-state index contributed by atoms with van der Waals surface area (Å²) in [6.07, 6.45) is 3.01. The van der Waals surface area contributed by atoms with Gasteiger partial charge in [0.1, 0.15) is 6.33 Å². The van der Waals surface area contributed by atoms with Crippen molar-refractivity contribution in [2.45, 2.75) is 52.7 Å². The molecule has 0 aliphatic heterocycles. The van der Waals surface area contributed by atoms with Crippen molar-refractivity contribution >= 4 is 23.8 Å². The number of hydrogen-bond donors (Lipinski definition) is 2. The van der Waals surface area contributed by atoms with Gasteiger partial charge < -0.3 is 10.1 Å². The minimum atomic E-state index is -0.929. The monoisotopic (exact) mass is 367 g/mol. The zero-order chi connectivity index (χ0) is 18.0. The smallest absolute Gasteiger partial charge is 0.195 e. The van der Waals surface area contributed by atoms with Crippen molar-refractivity contribution in [1.82, 2.24) is 14.8 Å². The highest BCUT2D eigenvalue weighted by molar-refractivity contribution is 7.71. The van der Waals surface area contributed by atoms with Gasteiger partial charge in [-0.1, -0.05) is 57.5 Å². The number of H-pyrrole nitrogens is 1. The highest BCUT2D eigenvalue weighted by Gasteiger charge is 2.41. The van der Waals surface area contributed by atoms with Gasteiger partial charge in [0.05, 0.1) is 12.1 Å². The minimum Gasteiger partial charge on any atom is -0.387 e. The number of hydrogen-bond acceptors (Lipinski definition) is 3. The molecule has 2 N–H and O–H groups in total. The Bertz CT molecular complexity index is 734. The van der Waals surface area contributed by atoms with Gasteiger partial charge in [-0.3, -0.25) is 0 Å². The standard InChI is InChI=1S/C18H26ClN3OS/c1-13(9-14-7-5-6-8-15(14)19)10-18(23,17(2,3)4)11-22-16(24)20-12-21-22/h5-8,12-13,23H,9-11H2,1-4H3,(H,20,21,24). The van der Waals surface area contributed by atoms with E-state index >= 15 is 0 Å². The van der Waals surface area contributed by atoms with Gasteiger partial charge >= 0.3 is 0 Å². The first kappa shape index (κ1) is 19.2. The Balaban J connectivity index is 2.18. The van der Waals surface area contributed by atoms with Crippen LogP contribution in [0.15, 0.2) is 30.6 Å². The molecule has 4 nitrogen and oxygen atoms in total. The highest BCUT2D eigenvalue weighted by Crippen LogP contribution is 2.38. The van der Waals surface area contributed by atoms with Gasteiger partial charge in [-0.25, -0.2) is 4.68 Å². The van der Waals surface area contributed by atoms with Gasteiger partial charge in [0.2, 0.25) is 0 Å². The molecule has 2 unspecified atom stereocenters. The molecule has 0 saturated carbocycles. The molecule has 24 heavy (non-hydrogen) atoms. The Morgan fingerprint density at radius 3 is 2.54 bits per heavy atom. The number of halogens is 1. The summed E-state index contributed by atoms with van der Waals surface area (Å²) in [5.41, 5.74) is -0.129. The second kappa shape index (κ2) is 7.38. The fourth-order valence-electron chi connectivity index (χ4n) is 2.94. The molecule has 1 aromatic heterocycles. The molecule has 0 bridgehead atoms. The number of nitrogens with zero attached hydrogens (tertiary/aromatic N) is 2. The quantitative estimate of drug-likeness (QED) is 0.731. The Kier molecular flexibility index (Phi) is 5.89. The molecule has 2 aromatic rings. The second-order valence-corrected chi connectivity index (χ2v) is 8.43. The van der Waals surface area contributed by atoms with Crippen LogP contribution >= 0.6 is 23.8 Å². The third-order valence-corrected chi connectivity index (χ3v) is 5.34. The van der Waals surface area contributed by atoms with Crippen molar-refractivity contribution in [2.75, 3.05) is 0 Å². The van der Waals surface area contributed by atoms with Gasteiger partial charge in [0.25, 0.3) is 0 Å². The Hall–Kier alpha value is -1.17. The van der Waals surface area contributed by atoms with E-state index in [1.165, 1.54) is 0 Å². The van der Waals surface area contributed by atoms with Crippen LogP contribution in [-0.4, -0.2) is 25.5 Å². The van der Waals surface area contributed by atoms with E-state index < -0.39 is 5.60 Å². The SMILES string of the molecule is CC(Cc1ccccc1Cl)CC(O)(Cn1nc[nH]c1=S)C(C)(C)C. The van der Waals surface area contributed by atoms with Crippen molar-refractivity contribution in [2.24, 2.45) is 11.3 Å². The summed E-state index contributed by atoms with van der Waals surface area (Å²) in [5.74, 6) is 0.266. The Morgan fingerprint density at radius 2 is 2.00 bits per heavy atom. The lowest BCUT2D eigenvalue weighted by Crippen LogP contribution is -2.48. The van der Waals surface area contributed by atoms with Crippen molar-refractivity contribution in [3.05, 3.63) is 45.9 Å². The van der Waals surface area contributed by atoms with Gasteiger partial charge in [0, 0.05) is 5.02 Å². The summed E-state index contributed by atoms with van der Waals surface area (Å²) in [6, 6.07) is 7.87. The molecule has 1 aromatic carbocycles. The summed E-state index contributed by atoms with van der Waals surface area (Å²) in [7, 11) is 0. The maximum atomic E-state index is 11.4. The summed E-state index contributed by atoms with van der Waals surface area (Å²) in [6.45, 7) is 8.65. The van der Waals surface area contributed by atoms with Crippen LogP contribution < -0.4 is 0 Å². The van der Waals surface area contributed by atoms with Crippen molar-refractivity contribution in [1.29, 1.82) is 0 Å². The fraction of sp³-hybridized carbons (Fsp3) is 0.556. The third-order valence-electron chi connectivity index (χ3n) is 4.64. The largest absolute Gasteiger partial charge is 0.387 e. The van der Waals surface area contributed by atoms with Crippen LogP contribution in [0.1, 0.15) is 39.7 Å². The van der Waals surface area contributed by atoms with Crippen LogP contribution in [0.3, 0.4) is 0 Å². The molecule has 132 valence electrons. The molecule has 0 fully saturated rings. The van der Waals surface area contributed by atoms with E-state index in [1.54, 1.807) is 11.0 Å². The fourth-order valence-corrected chi connectivity index (χ4v) is 3.31. The van der Waals surface area contributed by atoms with Crippen molar-refractivity contribution in [3.8, 4) is 0 Å². The molecular formula is C18H26ClN3OS. The number of rotatable bonds is 6. The summed E-state index contributed by atoms with van der Waals surface area (Å²) in [5, 5.41) is 16.4. The molecule has 0 saturated heterocycles. The highest BCUT2D eigenvalue weighted by atomic mass is 35.5. The number of nitrogens with one attached hydrogen (secondary N) is 1. The van der Waals surface area contributed by atoms with Crippen molar-refractivity contribution in [3.63, 3.8) is 0 Å². The first-order valence-electron chi connectivity index (χ1n) is 8.19. The van der Waals surface area contributed by atoms with Crippen LogP contribution in [0.2, 0.25) is 5.02 Å². The number of aliphatic hydroxyl groups is 1. The molecule has 6 heteroatoms. The van der Waals surface area contributed by atoms with Gasteiger partial charge in [-0.2, -0.15) is 5.10 Å². The average molecular weight is 368 g/mol. The molecule has 2 atom stereocenters. The molecule has 2 rings (SSSR count). The lowest BCUT2D eigenvalue weighted by Gasteiger charge is -2.42. The van der Waals surface area contributed by atoms with E-state index in [9.17, 15) is 5.11 Å². The van der Waals surface area contributed by atoms with E-state index in [4.69, 9.17) is 23.8 Å². The lowest BCUT2D eigenvalue weighted by atomic mass is 9.71. The van der Waals surface area contributed by atoms with E-state index in [0.29, 0.717) is 17.7 Å².